The molecule has 2 amide bonds. The lowest BCUT2D eigenvalue weighted by Crippen LogP contribution is -2.56. The quantitative estimate of drug-likeness (QED) is 0.434. The highest BCUT2D eigenvalue weighted by molar-refractivity contribution is 5.97. The Hall–Kier alpha value is -3.45. The van der Waals surface area contributed by atoms with Crippen LogP contribution >= 0.6 is 0 Å². The Kier molecular flexibility index (Phi) is 8.23. The van der Waals surface area contributed by atoms with E-state index < -0.39 is 11.9 Å². The molecule has 0 spiro atoms. The Morgan fingerprint density at radius 3 is 2.38 bits per heavy atom. The molecule has 1 saturated heterocycles. The van der Waals surface area contributed by atoms with Crippen LogP contribution in [0.2, 0.25) is 0 Å². The number of nitrogens with two attached hydrogens (primary N) is 2. The molecule has 0 saturated carbocycles. The predicted molar refractivity (Wildman–Crippen MR) is 137 cm³/mol. The second-order valence-electron chi connectivity index (χ2n) is 8.89. The van der Waals surface area contributed by atoms with Gasteiger partial charge in [0.1, 0.15) is 5.84 Å². The van der Waals surface area contributed by atoms with Crippen LogP contribution in [0.3, 0.4) is 0 Å². The van der Waals surface area contributed by atoms with Crippen LogP contribution in [0.25, 0.3) is 5.70 Å². The summed E-state index contributed by atoms with van der Waals surface area (Å²) < 4.78 is 0. The molecule has 34 heavy (non-hydrogen) atoms. The second-order valence-corrected chi connectivity index (χ2v) is 8.89. The zero-order valence-corrected chi connectivity index (χ0v) is 20.3. The standard InChI is InChI=1S/C27H35N5O2/c1-17-14-21(25(29)33)15-18(2)22(17)16-23(28)27(34)32-13-9-8-12-24(32)26(30-4)31-19(3)20-10-6-5-7-11-20/h5-7,10-11,14-15,23-24H,3,8-9,12-13,16,28H2,1-2,4H3,(H2,29,33)(H,30,31)/t23-,24-/m0/s1. The zero-order chi connectivity index (χ0) is 24.8. The van der Waals surface area contributed by atoms with Crippen LogP contribution in [-0.2, 0) is 11.2 Å². The number of nitrogens with zero attached hydrogens (tertiary/aromatic N) is 2. The molecular weight excluding hydrogens is 426 g/mol. The molecule has 2 atom stereocenters. The number of likely N-dealkylation sites (tertiary alicyclic amines) is 1. The lowest BCUT2D eigenvalue weighted by atomic mass is 9.92. The maximum Gasteiger partial charge on any atom is 0.248 e. The average Bonchev–Trinajstić information content (AvgIpc) is 2.84. The highest BCUT2D eigenvalue weighted by Gasteiger charge is 2.33. The van der Waals surface area contributed by atoms with Gasteiger partial charge in [0.05, 0.1) is 12.1 Å². The summed E-state index contributed by atoms with van der Waals surface area (Å²) in [6.45, 7) is 8.61. The molecule has 0 radical (unpaired) electrons. The normalized spacial score (nSPS) is 17.2. The van der Waals surface area contributed by atoms with Gasteiger partial charge in [-0.2, -0.15) is 0 Å². The first-order valence-corrected chi connectivity index (χ1v) is 11.7. The van der Waals surface area contributed by atoms with Crippen LogP contribution in [0, 0.1) is 13.8 Å². The Bertz CT molecular complexity index is 1070. The van der Waals surface area contributed by atoms with Gasteiger partial charge in [0.15, 0.2) is 0 Å². The number of carbonyl (C=O) groups is 2. The molecule has 0 aromatic heterocycles. The van der Waals surface area contributed by atoms with Crippen molar-refractivity contribution in [1.29, 1.82) is 0 Å². The van der Waals surface area contributed by atoms with E-state index in [1.165, 1.54) is 0 Å². The summed E-state index contributed by atoms with van der Waals surface area (Å²) in [5.74, 6) is 0.147. The van der Waals surface area contributed by atoms with Crippen molar-refractivity contribution in [3.05, 3.63) is 76.9 Å². The predicted octanol–water partition coefficient (Wildman–Crippen LogP) is 2.94. The number of aliphatic imine (C=N–C) groups is 1. The number of hydrogen-bond donors (Lipinski definition) is 3. The minimum absolute atomic E-state index is 0.101. The first-order chi connectivity index (χ1) is 16.2. The molecule has 5 N–H and O–H groups in total. The van der Waals surface area contributed by atoms with Gasteiger partial charge in [-0.15, -0.1) is 0 Å². The maximum atomic E-state index is 13.5. The van der Waals surface area contributed by atoms with E-state index in [1.54, 1.807) is 19.2 Å². The summed E-state index contributed by atoms with van der Waals surface area (Å²) in [4.78, 5) is 31.4. The van der Waals surface area contributed by atoms with Crippen molar-refractivity contribution in [2.45, 2.75) is 51.6 Å². The Morgan fingerprint density at radius 2 is 1.79 bits per heavy atom. The molecule has 0 bridgehead atoms. The van der Waals surface area contributed by atoms with Crippen LogP contribution < -0.4 is 16.8 Å². The molecule has 1 aliphatic heterocycles. The highest BCUT2D eigenvalue weighted by Crippen LogP contribution is 2.23. The summed E-state index contributed by atoms with van der Waals surface area (Å²) in [6.07, 6.45) is 3.14. The number of amides is 2. The summed E-state index contributed by atoms with van der Waals surface area (Å²) in [6, 6.07) is 12.5. The minimum atomic E-state index is -0.701. The van der Waals surface area contributed by atoms with Gasteiger partial charge in [0, 0.05) is 24.9 Å². The second kappa shape index (κ2) is 11.1. The van der Waals surface area contributed by atoms with Crippen LogP contribution in [0.15, 0.2) is 54.0 Å². The van der Waals surface area contributed by atoms with Gasteiger partial charge in [0.2, 0.25) is 11.8 Å². The summed E-state index contributed by atoms with van der Waals surface area (Å²) in [5.41, 5.74) is 16.8. The summed E-state index contributed by atoms with van der Waals surface area (Å²) >= 11 is 0. The highest BCUT2D eigenvalue weighted by atomic mass is 16.2. The average molecular weight is 462 g/mol. The van der Waals surface area contributed by atoms with Gasteiger partial charge in [-0.05, 0) is 73.9 Å². The molecule has 0 unspecified atom stereocenters. The molecule has 7 nitrogen and oxygen atoms in total. The fourth-order valence-electron chi connectivity index (χ4n) is 4.61. The third-order valence-corrected chi connectivity index (χ3v) is 6.47. The molecule has 2 aromatic carbocycles. The van der Waals surface area contributed by atoms with Gasteiger partial charge < -0.3 is 21.7 Å². The molecule has 1 heterocycles. The van der Waals surface area contributed by atoms with E-state index in [9.17, 15) is 9.59 Å². The number of rotatable bonds is 7. The van der Waals surface area contributed by atoms with Gasteiger partial charge in [-0.25, -0.2) is 0 Å². The molecule has 180 valence electrons. The van der Waals surface area contributed by atoms with E-state index in [-0.39, 0.29) is 11.9 Å². The topological polar surface area (TPSA) is 114 Å². The van der Waals surface area contributed by atoms with Gasteiger partial charge in [-0.1, -0.05) is 36.9 Å². The molecule has 1 fully saturated rings. The van der Waals surface area contributed by atoms with E-state index in [2.05, 4.69) is 16.9 Å². The van der Waals surface area contributed by atoms with Crippen LogP contribution in [0.5, 0.6) is 0 Å². The first-order valence-electron chi connectivity index (χ1n) is 11.7. The molecular formula is C27H35N5O2. The summed E-state index contributed by atoms with van der Waals surface area (Å²) in [5, 5.41) is 3.34. The fraction of sp³-hybridized carbons (Fsp3) is 0.370. The molecule has 1 aliphatic rings. The van der Waals surface area contributed by atoms with Crippen LogP contribution in [0.4, 0.5) is 0 Å². The Balaban J connectivity index is 1.77. The van der Waals surface area contributed by atoms with Crippen molar-refractivity contribution in [3.63, 3.8) is 0 Å². The van der Waals surface area contributed by atoms with E-state index >= 15 is 0 Å². The lowest BCUT2D eigenvalue weighted by molar-refractivity contribution is -0.134. The van der Waals surface area contributed by atoms with Crippen molar-refractivity contribution in [1.82, 2.24) is 10.2 Å². The van der Waals surface area contributed by atoms with E-state index in [1.807, 2.05) is 49.1 Å². The number of primary amides is 1. The molecule has 2 aromatic rings. The molecule has 3 rings (SSSR count). The first kappa shape index (κ1) is 25.2. The number of aryl methyl sites for hydroxylation is 2. The number of hydrogen-bond acceptors (Lipinski definition) is 4. The minimum Gasteiger partial charge on any atom is -0.366 e. The maximum absolute atomic E-state index is 13.5. The number of benzene rings is 2. The van der Waals surface area contributed by atoms with Crippen molar-refractivity contribution in [2.75, 3.05) is 13.6 Å². The number of amidine groups is 1. The smallest absolute Gasteiger partial charge is 0.248 e. The van der Waals surface area contributed by atoms with Gasteiger partial charge in [0.25, 0.3) is 0 Å². The third-order valence-electron chi connectivity index (χ3n) is 6.47. The van der Waals surface area contributed by atoms with E-state index in [4.69, 9.17) is 11.5 Å². The van der Waals surface area contributed by atoms with Crippen molar-refractivity contribution < 1.29 is 9.59 Å². The summed E-state index contributed by atoms with van der Waals surface area (Å²) in [7, 11) is 1.73. The zero-order valence-electron chi connectivity index (χ0n) is 20.3. The lowest BCUT2D eigenvalue weighted by Gasteiger charge is -2.38. The van der Waals surface area contributed by atoms with Crippen LogP contribution in [-0.4, -0.2) is 48.2 Å². The van der Waals surface area contributed by atoms with E-state index in [0.29, 0.717) is 24.4 Å². The SMILES string of the molecule is C=C(NC(=NC)[C@@H]1CCCCN1C(=O)[C@@H](N)Cc1c(C)cc(C(N)=O)cc1C)c1ccccc1. The fourth-order valence-corrected chi connectivity index (χ4v) is 4.61. The monoisotopic (exact) mass is 461 g/mol. The molecule has 0 aliphatic carbocycles. The van der Waals surface area contributed by atoms with Crippen molar-refractivity contribution in [3.8, 4) is 0 Å². The number of carbonyl (C=O) groups excluding carboxylic acids is 2. The van der Waals surface area contributed by atoms with Gasteiger partial charge in [-0.3, -0.25) is 14.6 Å². The third kappa shape index (κ3) is 5.72. The number of nitrogens with one attached hydrogen (secondary N) is 1. The van der Waals surface area contributed by atoms with E-state index in [0.717, 1.165) is 47.2 Å². The Morgan fingerprint density at radius 1 is 1.15 bits per heavy atom. The van der Waals surface area contributed by atoms with Crippen LogP contribution in [0.1, 0.15) is 51.9 Å². The Labute approximate surface area is 201 Å². The van der Waals surface area contributed by atoms with Crippen molar-refractivity contribution >= 4 is 23.3 Å². The molecule has 7 heteroatoms. The largest absolute Gasteiger partial charge is 0.366 e. The van der Waals surface area contributed by atoms with Gasteiger partial charge >= 0.3 is 0 Å². The number of piperidine rings is 1. The van der Waals surface area contributed by atoms with Crippen molar-refractivity contribution in [2.24, 2.45) is 16.5 Å².